The van der Waals surface area contributed by atoms with Crippen LogP contribution in [-0.2, 0) is 5.41 Å². The van der Waals surface area contributed by atoms with Gasteiger partial charge in [-0.2, -0.15) is 0 Å². The lowest BCUT2D eigenvalue weighted by Gasteiger charge is -2.31. The van der Waals surface area contributed by atoms with Gasteiger partial charge in [0.05, 0.1) is 0 Å². The van der Waals surface area contributed by atoms with Crippen molar-refractivity contribution in [3.63, 3.8) is 0 Å². The van der Waals surface area contributed by atoms with Crippen molar-refractivity contribution in [3.05, 3.63) is 257 Å². The van der Waals surface area contributed by atoms with Crippen LogP contribution in [-0.4, -0.2) is 0 Å². The lowest BCUT2D eigenvalue weighted by molar-refractivity contribution is 0.713. The average molecular weight is 754 g/mol. The van der Waals surface area contributed by atoms with E-state index in [2.05, 4.69) is 237 Å². The molecule has 2 aliphatic carbocycles. The highest BCUT2D eigenvalue weighted by Gasteiger charge is 2.41. The van der Waals surface area contributed by atoms with Gasteiger partial charge in [0.15, 0.2) is 0 Å². The number of rotatable bonds is 7. The Morgan fingerprint density at radius 2 is 0.898 bits per heavy atom. The van der Waals surface area contributed by atoms with E-state index in [1.54, 1.807) is 0 Å². The van der Waals surface area contributed by atoms with Crippen molar-refractivity contribution < 1.29 is 0 Å². The maximum Gasteiger partial charge on any atom is 0.0465 e. The third kappa shape index (κ3) is 5.76. The zero-order valence-electron chi connectivity index (χ0n) is 33.3. The van der Waals surface area contributed by atoms with E-state index in [-0.39, 0.29) is 11.3 Å². The number of aryl methyl sites for hydroxylation is 1. The summed E-state index contributed by atoms with van der Waals surface area (Å²) in [4.78, 5) is 2.42. The maximum absolute atomic E-state index is 2.44. The fourth-order valence-corrected chi connectivity index (χ4v) is 9.89. The summed E-state index contributed by atoms with van der Waals surface area (Å²) < 4.78 is 0. The predicted octanol–water partition coefficient (Wildman–Crippen LogP) is 15.3. The third-order valence-corrected chi connectivity index (χ3v) is 12.9. The quantitative estimate of drug-likeness (QED) is 0.157. The van der Waals surface area contributed by atoms with Crippen LogP contribution in [0.15, 0.2) is 218 Å². The molecule has 9 aromatic carbocycles. The molecule has 0 bridgehead atoms. The summed E-state index contributed by atoms with van der Waals surface area (Å²) in [6.45, 7) is 4.56. The van der Waals surface area contributed by atoms with Gasteiger partial charge in [0.2, 0.25) is 0 Å². The van der Waals surface area contributed by atoms with Crippen LogP contribution in [0.2, 0.25) is 0 Å². The molecule has 0 amide bonds. The van der Waals surface area contributed by atoms with Crippen molar-refractivity contribution in [2.45, 2.75) is 25.2 Å². The molecule has 2 aliphatic rings. The molecule has 1 nitrogen and oxygen atoms in total. The highest BCUT2D eigenvalue weighted by Crippen LogP contribution is 2.54. The summed E-state index contributed by atoms with van der Waals surface area (Å²) in [5.41, 5.74) is 22.5. The number of fused-ring (bicyclic) bond motifs is 6. The Hall–Kier alpha value is -7.22. The second kappa shape index (κ2) is 14.0. The molecule has 0 spiro atoms. The second-order valence-corrected chi connectivity index (χ2v) is 16.3. The lowest BCUT2D eigenvalue weighted by atomic mass is 9.74. The summed E-state index contributed by atoms with van der Waals surface area (Å²) >= 11 is 0. The molecular weight excluding hydrogens is 711 g/mol. The number of benzene rings is 9. The molecule has 0 aromatic heterocycles. The van der Waals surface area contributed by atoms with Gasteiger partial charge in [-0.05, 0) is 134 Å². The van der Waals surface area contributed by atoms with Crippen molar-refractivity contribution in [2.75, 3.05) is 4.90 Å². The summed E-state index contributed by atoms with van der Waals surface area (Å²) in [6, 6.07) is 80.8. The molecule has 0 heterocycles. The van der Waals surface area contributed by atoms with Gasteiger partial charge < -0.3 is 4.90 Å². The monoisotopic (exact) mass is 753 g/mol. The van der Waals surface area contributed by atoms with Crippen LogP contribution >= 0.6 is 0 Å². The van der Waals surface area contributed by atoms with E-state index in [0.717, 1.165) is 17.1 Å². The Labute approximate surface area is 347 Å². The van der Waals surface area contributed by atoms with Crippen LogP contribution in [0.3, 0.4) is 0 Å². The average Bonchev–Trinajstić information content (AvgIpc) is 3.77. The van der Waals surface area contributed by atoms with E-state index in [0.29, 0.717) is 0 Å². The van der Waals surface area contributed by atoms with Crippen molar-refractivity contribution in [3.8, 4) is 44.5 Å². The minimum Gasteiger partial charge on any atom is -0.310 e. The molecule has 2 atom stereocenters. The van der Waals surface area contributed by atoms with Gasteiger partial charge in [-0.1, -0.05) is 181 Å². The van der Waals surface area contributed by atoms with Crippen LogP contribution in [0.25, 0.3) is 44.5 Å². The highest BCUT2D eigenvalue weighted by molar-refractivity contribution is 5.89. The molecule has 0 radical (unpaired) electrons. The van der Waals surface area contributed by atoms with Gasteiger partial charge in [0.25, 0.3) is 0 Å². The van der Waals surface area contributed by atoms with Crippen LogP contribution < -0.4 is 4.90 Å². The van der Waals surface area contributed by atoms with Crippen molar-refractivity contribution >= 4 is 17.1 Å². The summed E-state index contributed by atoms with van der Waals surface area (Å²) in [7, 11) is 0. The first-order valence-electron chi connectivity index (χ1n) is 20.7. The Morgan fingerprint density at radius 3 is 1.61 bits per heavy atom. The fraction of sp³-hybridized carbons (Fsp3) is 0.0690. The maximum atomic E-state index is 2.44. The number of hydrogen-bond donors (Lipinski definition) is 0. The summed E-state index contributed by atoms with van der Waals surface area (Å²) in [5.74, 6) is 0.244. The largest absolute Gasteiger partial charge is 0.310 e. The predicted molar refractivity (Wildman–Crippen MR) is 247 cm³/mol. The van der Waals surface area contributed by atoms with E-state index in [9.17, 15) is 0 Å². The molecule has 9 aromatic rings. The van der Waals surface area contributed by atoms with Gasteiger partial charge in [-0.15, -0.1) is 0 Å². The molecule has 0 saturated carbocycles. The van der Waals surface area contributed by atoms with Crippen LogP contribution in [0.4, 0.5) is 17.1 Å². The number of hydrogen-bond acceptors (Lipinski definition) is 1. The molecule has 11 rings (SSSR count). The molecule has 0 fully saturated rings. The third-order valence-electron chi connectivity index (χ3n) is 12.9. The molecule has 0 saturated heterocycles. The fourth-order valence-electron chi connectivity index (χ4n) is 9.89. The Kier molecular flexibility index (Phi) is 8.31. The molecule has 0 N–H and O–H groups in total. The minimum atomic E-state index is -0.298. The smallest absolute Gasteiger partial charge is 0.0465 e. The topological polar surface area (TPSA) is 3.24 Å². The molecule has 0 aliphatic heterocycles. The zero-order chi connectivity index (χ0) is 39.5. The van der Waals surface area contributed by atoms with Gasteiger partial charge in [0, 0.05) is 28.4 Å². The van der Waals surface area contributed by atoms with E-state index >= 15 is 0 Å². The van der Waals surface area contributed by atoms with Gasteiger partial charge in [-0.3, -0.25) is 0 Å². The van der Waals surface area contributed by atoms with Gasteiger partial charge >= 0.3 is 0 Å². The van der Waals surface area contributed by atoms with Crippen molar-refractivity contribution in [1.82, 2.24) is 0 Å². The Balaban J connectivity index is 1.02. The summed E-state index contributed by atoms with van der Waals surface area (Å²) in [6.07, 6.45) is 0. The first-order chi connectivity index (χ1) is 29.0. The second-order valence-electron chi connectivity index (χ2n) is 16.3. The highest BCUT2D eigenvalue weighted by atomic mass is 15.1. The minimum absolute atomic E-state index is 0.244. The van der Waals surface area contributed by atoms with E-state index in [1.165, 1.54) is 83.5 Å². The first-order valence-corrected chi connectivity index (χ1v) is 20.7. The van der Waals surface area contributed by atoms with Crippen LogP contribution in [0, 0.1) is 6.92 Å². The lowest BCUT2D eigenvalue weighted by Crippen LogP contribution is -2.23. The van der Waals surface area contributed by atoms with Crippen molar-refractivity contribution in [1.29, 1.82) is 0 Å². The molecule has 280 valence electrons. The zero-order valence-corrected chi connectivity index (χ0v) is 33.3. The van der Waals surface area contributed by atoms with E-state index in [4.69, 9.17) is 0 Å². The number of anilines is 3. The van der Waals surface area contributed by atoms with Crippen molar-refractivity contribution in [2.24, 2.45) is 0 Å². The summed E-state index contributed by atoms with van der Waals surface area (Å²) in [5, 5.41) is 0. The number of nitrogens with zero attached hydrogens (tertiary/aromatic N) is 1. The molecule has 2 unspecified atom stereocenters. The Morgan fingerprint density at radius 1 is 0.373 bits per heavy atom. The molecule has 59 heavy (non-hydrogen) atoms. The van der Waals surface area contributed by atoms with Gasteiger partial charge in [0.1, 0.15) is 0 Å². The SMILES string of the molecule is Cc1ccc(C2(C)c3ccccc3-c3ccc(N(c4ccc(-c5ccccc5)cc4)c4ccc(-c5ccc6c(c5)-c5ccccc5C6c5ccccc5)cc4)cc32)cc1. The van der Waals surface area contributed by atoms with Crippen LogP contribution in [0.5, 0.6) is 0 Å². The molecular formula is C58H43N. The Bertz CT molecular complexity index is 2980. The standard InChI is InChI=1S/C58H43N/c1-39-21-28-45(29-22-39)58(2)55-20-12-11-18-50(55)51-36-34-48(38-56(51)58)59(46-30-23-41(24-31-46)40-13-5-3-6-14-40)47-32-25-42(26-33-47)44-27-35-53-54(37-44)49-17-9-10-19-52(49)57(53)43-15-7-4-8-16-43/h3-38,57H,1-2H3. The normalized spacial score (nSPS) is 15.9. The van der Waals surface area contributed by atoms with Gasteiger partial charge in [-0.25, -0.2) is 0 Å². The first kappa shape index (κ1) is 35.0. The van der Waals surface area contributed by atoms with E-state index < -0.39 is 0 Å². The van der Waals surface area contributed by atoms with Crippen LogP contribution in [0.1, 0.15) is 51.8 Å². The van der Waals surface area contributed by atoms with E-state index in [1.807, 2.05) is 0 Å². The molecule has 1 heteroatoms.